The minimum atomic E-state index is -0.298. The fourth-order valence-corrected chi connectivity index (χ4v) is 4.48. The maximum absolute atomic E-state index is 13.4. The van der Waals surface area contributed by atoms with Gasteiger partial charge in [0.05, 0.1) is 13.2 Å². The van der Waals surface area contributed by atoms with Crippen LogP contribution in [0.1, 0.15) is 21.5 Å². The predicted molar refractivity (Wildman–Crippen MR) is 133 cm³/mol. The quantitative estimate of drug-likeness (QED) is 0.385. The van der Waals surface area contributed by atoms with E-state index in [1.54, 1.807) is 30.5 Å². The number of hydrogen-bond acceptors (Lipinski definition) is 4. The number of fused-ring (bicyclic) bond motifs is 1. The molecule has 2 heterocycles. The van der Waals surface area contributed by atoms with Gasteiger partial charge in [-0.3, -0.25) is 9.78 Å². The van der Waals surface area contributed by atoms with Gasteiger partial charge in [-0.2, -0.15) is 0 Å². The topological polar surface area (TPSA) is 51.7 Å². The van der Waals surface area contributed by atoms with Gasteiger partial charge in [0.15, 0.2) is 0 Å². The Bertz CT molecular complexity index is 1330. The molecule has 3 aromatic carbocycles. The van der Waals surface area contributed by atoms with E-state index in [1.165, 1.54) is 17.7 Å². The first-order valence-corrected chi connectivity index (χ1v) is 11.8. The maximum Gasteiger partial charge on any atom is 0.254 e. The van der Waals surface area contributed by atoms with Crippen molar-refractivity contribution in [3.05, 3.63) is 108 Å². The molecule has 0 saturated carbocycles. The highest BCUT2D eigenvalue weighted by Crippen LogP contribution is 2.21. The van der Waals surface area contributed by atoms with E-state index < -0.39 is 0 Å². The molecule has 1 atom stereocenters. The Morgan fingerprint density at radius 3 is 2.86 bits per heavy atom. The number of benzene rings is 3. The van der Waals surface area contributed by atoms with E-state index >= 15 is 0 Å². The van der Waals surface area contributed by atoms with Gasteiger partial charge in [0.1, 0.15) is 18.2 Å². The Labute approximate surface area is 204 Å². The van der Waals surface area contributed by atoms with Crippen molar-refractivity contribution in [1.29, 1.82) is 0 Å². The molecule has 1 amide bonds. The van der Waals surface area contributed by atoms with Crippen molar-refractivity contribution in [2.45, 2.75) is 13.0 Å². The number of nitrogens with zero attached hydrogens (tertiary/aromatic N) is 2. The van der Waals surface area contributed by atoms with Crippen molar-refractivity contribution < 1.29 is 18.7 Å². The average molecular weight is 471 g/mol. The van der Waals surface area contributed by atoms with Gasteiger partial charge in [-0.15, -0.1) is 0 Å². The van der Waals surface area contributed by atoms with E-state index in [9.17, 15) is 9.18 Å². The lowest BCUT2D eigenvalue weighted by Crippen LogP contribution is -2.36. The minimum absolute atomic E-state index is 0.0422. The summed E-state index contributed by atoms with van der Waals surface area (Å²) in [5.41, 5.74) is 2.51. The second-order valence-electron chi connectivity index (χ2n) is 8.90. The Kier molecular flexibility index (Phi) is 7.00. The van der Waals surface area contributed by atoms with E-state index in [0.717, 1.165) is 22.8 Å². The minimum Gasteiger partial charge on any atom is -0.489 e. The molecule has 1 saturated heterocycles. The summed E-state index contributed by atoms with van der Waals surface area (Å²) in [6.45, 7) is 2.53. The van der Waals surface area contributed by atoms with Crippen LogP contribution in [0.15, 0.2) is 85.2 Å². The molecule has 0 aliphatic carbocycles. The third kappa shape index (κ3) is 5.84. The first kappa shape index (κ1) is 23.0. The summed E-state index contributed by atoms with van der Waals surface area (Å²) in [6.07, 6.45) is 4.50. The van der Waals surface area contributed by atoms with Crippen molar-refractivity contribution in [1.82, 2.24) is 9.88 Å². The standard InChI is InChI=1S/C29H27FN2O3/c30-27-5-1-3-22(15-27)20-35-28-6-2-4-25(16-28)29(33)32-11-12-34-19-23(18-32)13-21-7-8-24-9-10-31-17-26(24)14-21/h1-10,14-17,23H,11-13,18-20H2/t23-/m0/s1. The molecule has 6 heteroatoms. The van der Waals surface area contributed by atoms with E-state index in [4.69, 9.17) is 9.47 Å². The number of hydrogen-bond donors (Lipinski definition) is 0. The van der Waals surface area contributed by atoms with Crippen LogP contribution >= 0.6 is 0 Å². The van der Waals surface area contributed by atoms with Crippen LogP contribution in [-0.2, 0) is 17.8 Å². The van der Waals surface area contributed by atoms with E-state index in [-0.39, 0.29) is 24.2 Å². The summed E-state index contributed by atoms with van der Waals surface area (Å²) in [4.78, 5) is 19.4. The van der Waals surface area contributed by atoms with Crippen LogP contribution in [-0.4, -0.2) is 42.1 Å². The summed E-state index contributed by atoms with van der Waals surface area (Å²) >= 11 is 0. The predicted octanol–water partition coefficient (Wildman–Crippen LogP) is 5.28. The highest BCUT2D eigenvalue weighted by Gasteiger charge is 2.24. The van der Waals surface area contributed by atoms with Crippen LogP contribution in [0.3, 0.4) is 0 Å². The molecule has 5 nitrogen and oxygen atoms in total. The molecular weight excluding hydrogens is 443 g/mol. The Morgan fingerprint density at radius 2 is 1.94 bits per heavy atom. The average Bonchev–Trinajstić information content (AvgIpc) is 3.13. The van der Waals surface area contributed by atoms with Crippen LogP contribution in [0.2, 0.25) is 0 Å². The van der Waals surface area contributed by atoms with Gasteiger partial charge in [-0.25, -0.2) is 4.39 Å². The summed E-state index contributed by atoms with van der Waals surface area (Å²) < 4.78 is 25.1. The number of ether oxygens (including phenoxy) is 2. The van der Waals surface area contributed by atoms with E-state index in [1.807, 2.05) is 29.3 Å². The zero-order valence-electron chi connectivity index (χ0n) is 19.4. The molecule has 1 fully saturated rings. The molecule has 1 aliphatic heterocycles. The largest absolute Gasteiger partial charge is 0.489 e. The Balaban J connectivity index is 1.25. The van der Waals surface area contributed by atoms with Crippen LogP contribution in [0, 0.1) is 11.7 Å². The van der Waals surface area contributed by atoms with Crippen molar-refractivity contribution in [3.63, 3.8) is 0 Å². The number of carbonyl (C=O) groups excluding carboxylic acids is 1. The van der Waals surface area contributed by atoms with Crippen LogP contribution in [0.25, 0.3) is 10.8 Å². The van der Waals surface area contributed by atoms with Crippen LogP contribution < -0.4 is 4.74 Å². The second-order valence-corrected chi connectivity index (χ2v) is 8.90. The molecule has 0 N–H and O–H groups in total. The number of halogens is 1. The lowest BCUT2D eigenvalue weighted by molar-refractivity contribution is 0.0737. The van der Waals surface area contributed by atoms with Crippen LogP contribution in [0.5, 0.6) is 5.75 Å². The zero-order valence-corrected chi connectivity index (χ0v) is 19.4. The number of pyridine rings is 1. The Morgan fingerprint density at radius 1 is 1.03 bits per heavy atom. The van der Waals surface area contributed by atoms with Crippen LogP contribution in [0.4, 0.5) is 4.39 Å². The van der Waals surface area contributed by atoms with Gasteiger partial charge in [0.2, 0.25) is 0 Å². The van der Waals surface area contributed by atoms with Crippen molar-refractivity contribution in [2.75, 3.05) is 26.3 Å². The molecule has 1 aliphatic rings. The Hall–Kier alpha value is -3.77. The molecular formula is C29H27FN2O3. The maximum atomic E-state index is 13.4. The summed E-state index contributed by atoms with van der Waals surface area (Å²) in [7, 11) is 0. The van der Waals surface area contributed by atoms with Gasteiger partial charge >= 0.3 is 0 Å². The fourth-order valence-electron chi connectivity index (χ4n) is 4.48. The monoisotopic (exact) mass is 470 g/mol. The van der Waals surface area contributed by atoms with Gasteiger partial charge in [0.25, 0.3) is 5.91 Å². The first-order chi connectivity index (χ1) is 17.1. The van der Waals surface area contributed by atoms with E-state index in [0.29, 0.717) is 37.6 Å². The lowest BCUT2D eigenvalue weighted by atomic mass is 9.97. The molecule has 0 bridgehead atoms. The molecule has 5 rings (SSSR count). The molecule has 35 heavy (non-hydrogen) atoms. The molecule has 0 unspecified atom stereocenters. The third-order valence-electron chi connectivity index (χ3n) is 6.23. The van der Waals surface area contributed by atoms with Gasteiger partial charge in [-0.1, -0.05) is 30.3 Å². The van der Waals surface area contributed by atoms with Crippen molar-refractivity contribution >= 4 is 16.7 Å². The van der Waals surface area contributed by atoms with Gasteiger partial charge in [0, 0.05) is 42.4 Å². The number of carbonyl (C=O) groups is 1. The number of rotatable bonds is 6. The van der Waals surface area contributed by atoms with Gasteiger partial charge in [-0.05, 0) is 65.4 Å². The molecule has 1 aromatic heterocycles. The first-order valence-electron chi connectivity index (χ1n) is 11.8. The molecule has 0 spiro atoms. The summed E-state index contributed by atoms with van der Waals surface area (Å²) in [5.74, 6) is 0.434. The second kappa shape index (κ2) is 10.7. The highest BCUT2D eigenvalue weighted by atomic mass is 19.1. The summed E-state index contributed by atoms with van der Waals surface area (Å²) in [6, 6.07) is 21.9. The highest BCUT2D eigenvalue weighted by molar-refractivity contribution is 5.94. The number of aromatic nitrogens is 1. The van der Waals surface area contributed by atoms with Crippen molar-refractivity contribution in [3.8, 4) is 5.75 Å². The smallest absolute Gasteiger partial charge is 0.254 e. The fraction of sp³-hybridized carbons (Fsp3) is 0.241. The normalized spacial score (nSPS) is 16.1. The third-order valence-corrected chi connectivity index (χ3v) is 6.23. The lowest BCUT2D eigenvalue weighted by Gasteiger charge is -2.24. The molecule has 0 radical (unpaired) electrons. The van der Waals surface area contributed by atoms with Crippen molar-refractivity contribution in [2.24, 2.45) is 5.92 Å². The van der Waals surface area contributed by atoms with E-state index in [2.05, 4.69) is 23.2 Å². The molecule has 178 valence electrons. The summed E-state index contributed by atoms with van der Waals surface area (Å²) in [5, 5.41) is 2.28. The zero-order chi connectivity index (χ0) is 24.0. The molecule has 4 aromatic rings. The SMILES string of the molecule is O=C(c1cccc(OCc2cccc(F)c2)c1)N1CCOC[C@@H](Cc2ccc3ccncc3c2)C1. The number of amides is 1. The van der Waals surface area contributed by atoms with Gasteiger partial charge < -0.3 is 14.4 Å².